The van der Waals surface area contributed by atoms with Gasteiger partial charge in [0.2, 0.25) is 0 Å². The number of hydrogen-bond donors (Lipinski definition) is 2. The molecule has 0 atom stereocenters. The van der Waals surface area contributed by atoms with Gasteiger partial charge < -0.3 is 4.98 Å². The van der Waals surface area contributed by atoms with Crippen LogP contribution in [0.1, 0.15) is 22.6 Å². The normalized spacial score (nSPS) is 11.0. The van der Waals surface area contributed by atoms with E-state index in [2.05, 4.69) is 20.2 Å². The summed E-state index contributed by atoms with van der Waals surface area (Å²) in [6, 6.07) is 15.6. The Balaban J connectivity index is 1.71. The van der Waals surface area contributed by atoms with Gasteiger partial charge in [0.25, 0.3) is 5.56 Å². The summed E-state index contributed by atoms with van der Waals surface area (Å²) in [5.74, 6) is 0.805. The van der Waals surface area contributed by atoms with Crippen LogP contribution in [0.4, 0.5) is 4.39 Å². The molecule has 0 spiro atoms. The van der Waals surface area contributed by atoms with Gasteiger partial charge in [-0.25, -0.2) is 9.18 Å². The van der Waals surface area contributed by atoms with E-state index in [1.165, 1.54) is 30.0 Å². The number of nitrogens with one attached hydrogen (secondary N) is 2. The Labute approximate surface area is 175 Å². The van der Waals surface area contributed by atoms with Gasteiger partial charge in [-0.2, -0.15) is 0 Å². The van der Waals surface area contributed by atoms with Crippen LogP contribution < -0.4 is 11.2 Å². The molecule has 0 saturated carbocycles. The van der Waals surface area contributed by atoms with Crippen molar-refractivity contribution >= 4 is 11.8 Å². The van der Waals surface area contributed by atoms with Crippen LogP contribution in [0.25, 0.3) is 5.69 Å². The van der Waals surface area contributed by atoms with E-state index in [0.717, 1.165) is 16.8 Å². The Morgan fingerprint density at radius 3 is 2.63 bits per heavy atom. The second-order valence-electron chi connectivity index (χ2n) is 6.78. The minimum absolute atomic E-state index is 0.223. The van der Waals surface area contributed by atoms with Gasteiger partial charge >= 0.3 is 5.69 Å². The van der Waals surface area contributed by atoms with E-state index in [1.807, 2.05) is 41.8 Å². The second kappa shape index (κ2) is 8.50. The number of nitrogens with zero attached hydrogens (tertiary/aromatic N) is 3. The zero-order valence-corrected chi connectivity index (χ0v) is 16.9. The van der Waals surface area contributed by atoms with Crippen LogP contribution in [0.5, 0.6) is 0 Å². The van der Waals surface area contributed by atoms with Crippen molar-refractivity contribution in [1.29, 1.82) is 0 Å². The molecule has 2 aromatic carbocycles. The Bertz CT molecular complexity index is 1280. The first-order valence-corrected chi connectivity index (χ1v) is 10.2. The maximum atomic E-state index is 13.5. The third-order valence-electron chi connectivity index (χ3n) is 4.38. The van der Waals surface area contributed by atoms with Crippen molar-refractivity contribution in [2.24, 2.45) is 0 Å². The first-order chi connectivity index (χ1) is 14.5. The summed E-state index contributed by atoms with van der Waals surface area (Å²) >= 11 is 1.43. The van der Waals surface area contributed by atoms with Crippen LogP contribution in [0.15, 0.2) is 69.3 Å². The summed E-state index contributed by atoms with van der Waals surface area (Å²) in [4.78, 5) is 28.0. The summed E-state index contributed by atoms with van der Waals surface area (Å²) in [5, 5.41) is 9.23. The second-order valence-corrected chi connectivity index (χ2v) is 7.72. The highest BCUT2D eigenvalue weighted by Crippen LogP contribution is 2.26. The molecule has 0 aliphatic heterocycles. The number of halogens is 1. The molecule has 9 heteroatoms. The van der Waals surface area contributed by atoms with E-state index in [-0.39, 0.29) is 12.2 Å². The quantitative estimate of drug-likeness (QED) is 0.465. The standard InChI is InChI=1S/C21H18FN5O2S/c1-13-4-2-7-17(8-13)27-18(10-16-11-19(28)24-20(29)23-16)25-26-21(27)30-12-14-5-3-6-15(22)9-14/h2-9,11H,10,12H2,1H3,(H2,23,24,28,29). The van der Waals surface area contributed by atoms with Gasteiger partial charge in [-0.1, -0.05) is 36.0 Å². The zero-order valence-electron chi connectivity index (χ0n) is 16.1. The molecule has 2 heterocycles. The minimum atomic E-state index is -0.570. The topological polar surface area (TPSA) is 96.4 Å². The average Bonchev–Trinajstić information content (AvgIpc) is 3.08. The predicted octanol–water partition coefficient (Wildman–Crippen LogP) is 2.97. The summed E-state index contributed by atoms with van der Waals surface area (Å²) in [6.45, 7) is 1.99. The van der Waals surface area contributed by atoms with Crippen molar-refractivity contribution < 1.29 is 4.39 Å². The van der Waals surface area contributed by atoms with Crippen LogP contribution in [-0.4, -0.2) is 24.7 Å². The monoisotopic (exact) mass is 423 g/mol. The molecule has 0 fully saturated rings. The molecule has 30 heavy (non-hydrogen) atoms. The molecule has 0 amide bonds. The molecule has 2 aromatic heterocycles. The molecular weight excluding hydrogens is 405 g/mol. The highest BCUT2D eigenvalue weighted by molar-refractivity contribution is 7.98. The fraction of sp³-hybridized carbons (Fsp3) is 0.143. The molecule has 4 aromatic rings. The number of H-pyrrole nitrogens is 2. The van der Waals surface area contributed by atoms with Crippen LogP contribution in [0, 0.1) is 12.7 Å². The van der Waals surface area contributed by atoms with Gasteiger partial charge in [-0.15, -0.1) is 10.2 Å². The molecule has 0 bridgehead atoms. The van der Waals surface area contributed by atoms with E-state index in [1.54, 1.807) is 6.07 Å². The lowest BCUT2D eigenvalue weighted by Gasteiger charge is -2.11. The Kier molecular flexibility index (Phi) is 5.62. The Morgan fingerprint density at radius 2 is 1.87 bits per heavy atom. The number of aryl methyl sites for hydroxylation is 1. The van der Waals surface area contributed by atoms with Gasteiger partial charge in [0.05, 0.1) is 0 Å². The highest BCUT2D eigenvalue weighted by Gasteiger charge is 2.16. The SMILES string of the molecule is Cc1cccc(-n2c(Cc3cc(=O)[nH]c(=O)[nH]3)nnc2SCc2cccc(F)c2)c1. The van der Waals surface area contributed by atoms with E-state index in [9.17, 15) is 14.0 Å². The fourth-order valence-electron chi connectivity index (χ4n) is 3.09. The number of aromatic amines is 2. The summed E-state index contributed by atoms with van der Waals surface area (Å²) in [5.41, 5.74) is 2.16. The van der Waals surface area contributed by atoms with Crippen LogP contribution in [0.3, 0.4) is 0 Å². The third kappa shape index (κ3) is 4.57. The van der Waals surface area contributed by atoms with Crippen molar-refractivity contribution in [3.63, 3.8) is 0 Å². The number of benzene rings is 2. The molecule has 0 saturated heterocycles. The number of aromatic nitrogens is 5. The lowest BCUT2D eigenvalue weighted by molar-refractivity contribution is 0.626. The van der Waals surface area contributed by atoms with Crippen LogP contribution in [-0.2, 0) is 12.2 Å². The lowest BCUT2D eigenvalue weighted by Crippen LogP contribution is -2.23. The average molecular weight is 423 g/mol. The summed E-state index contributed by atoms with van der Waals surface area (Å²) in [7, 11) is 0. The zero-order chi connectivity index (χ0) is 21.1. The molecular formula is C21H18FN5O2S. The van der Waals surface area contributed by atoms with Gasteiger partial charge in [0, 0.05) is 29.6 Å². The third-order valence-corrected chi connectivity index (χ3v) is 5.38. The largest absolute Gasteiger partial charge is 0.325 e. The van der Waals surface area contributed by atoms with Gasteiger partial charge in [0.1, 0.15) is 11.6 Å². The smallest absolute Gasteiger partial charge is 0.311 e. The number of thioether (sulfide) groups is 1. The molecule has 152 valence electrons. The number of rotatable bonds is 6. The Morgan fingerprint density at radius 1 is 1.03 bits per heavy atom. The van der Waals surface area contributed by atoms with Gasteiger partial charge in [-0.3, -0.25) is 14.3 Å². The predicted molar refractivity (Wildman–Crippen MR) is 113 cm³/mol. The van der Waals surface area contributed by atoms with Gasteiger partial charge in [-0.05, 0) is 42.3 Å². The maximum absolute atomic E-state index is 13.5. The molecule has 7 nitrogen and oxygen atoms in total. The minimum Gasteiger partial charge on any atom is -0.311 e. The molecule has 0 radical (unpaired) electrons. The maximum Gasteiger partial charge on any atom is 0.325 e. The van der Waals surface area contributed by atoms with Crippen molar-refractivity contribution in [2.75, 3.05) is 0 Å². The van der Waals surface area contributed by atoms with Crippen molar-refractivity contribution in [3.8, 4) is 5.69 Å². The fourth-order valence-corrected chi connectivity index (χ4v) is 4.01. The van der Waals surface area contributed by atoms with Crippen molar-refractivity contribution in [1.82, 2.24) is 24.7 Å². The van der Waals surface area contributed by atoms with E-state index >= 15 is 0 Å². The lowest BCUT2D eigenvalue weighted by atomic mass is 10.2. The number of hydrogen-bond acceptors (Lipinski definition) is 5. The highest BCUT2D eigenvalue weighted by atomic mass is 32.2. The Hall–Kier alpha value is -3.46. The van der Waals surface area contributed by atoms with E-state index < -0.39 is 11.2 Å². The molecule has 0 aliphatic carbocycles. The summed E-state index contributed by atoms with van der Waals surface area (Å²) < 4.78 is 15.4. The van der Waals surface area contributed by atoms with Crippen LogP contribution >= 0.6 is 11.8 Å². The van der Waals surface area contributed by atoms with E-state index in [4.69, 9.17) is 0 Å². The molecule has 0 unspecified atom stereocenters. The first-order valence-electron chi connectivity index (χ1n) is 9.19. The van der Waals surface area contributed by atoms with Crippen LogP contribution in [0.2, 0.25) is 0 Å². The van der Waals surface area contributed by atoms with Crippen molar-refractivity contribution in [2.45, 2.75) is 24.3 Å². The van der Waals surface area contributed by atoms with E-state index in [0.29, 0.717) is 22.4 Å². The van der Waals surface area contributed by atoms with Crippen molar-refractivity contribution in [3.05, 3.63) is 104 Å². The van der Waals surface area contributed by atoms with Gasteiger partial charge in [0.15, 0.2) is 5.16 Å². The molecule has 0 aliphatic rings. The molecule has 4 rings (SSSR count). The molecule has 2 N–H and O–H groups in total. The first kappa shape index (κ1) is 19.8. The summed E-state index contributed by atoms with van der Waals surface area (Å²) in [6.07, 6.45) is 0.223.